The van der Waals surface area contributed by atoms with Crippen LogP contribution in [0.1, 0.15) is 25.8 Å². The van der Waals surface area contributed by atoms with Gasteiger partial charge in [-0.2, -0.15) is 0 Å². The highest BCUT2D eigenvalue weighted by Gasteiger charge is 2.20. The third kappa shape index (κ3) is 2.04. The van der Waals surface area contributed by atoms with Crippen LogP contribution in [-0.4, -0.2) is 0 Å². The third-order valence-corrected chi connectivity index (χ3v) is 3.27. The smallest absolute Gasteiger partial charge is 0.0197 e. The molecule has 84 valence electrons. The van der Waals surface area contributed by atoms with Gasteiger partial charge in [-0.3, -0.25) is 0 Å². The van der Waals surface area contributed by atoms with Crippen LogP contribution in [0.3, 0.4) is 0 Å². The first-order valence-corrected chi connectivity index (χ1v) is 5.91. The molecule has 1 heteroatoms. The molecule has 1 aromatic rings. The molecule has 0 amide bonds. The van der Waals surface area contributed by atoms with Crippen molar-refractivity contribution in [3.8, 4) is 0 Å². The third-order valence-electron chi connectivity index (χ3n) is 3.27. The van der Waals surface area contributed by atoms with Gasteiger partial charge in [-0.1, -0.05) is 56.3 Å². The van der Waals surface area contributed by atoms with Gasteiger partial charge in [-0.05, 0) is 17.9 Å². The highest BCUT2D eigenvalue weighted by atomic mass is 14.6. The summed E-state index contributed by atoms with van der Waals surface area (Å²) in [6.45, 7) is 4.47. The van der Waals surface area contributed by atoms with Crippen molar-refractivity contribution in [3.63, 3.8) is 0 Å². The van der Waals surface area contributed by atoms with E-state index in [1.165, 1.54) is 11.1 Å². The van der Waals surface area contributed by atoms with Gasteiger partial charge in [-0.15, -0.1) is 0 Å². The maximum atomic E-state index is 6.28. The molecule has 1 aliphatic carbocycles. The largest absolute Gasteiger partial charge is 0.401 e. The van der Waals surface area contributed by atoms with E-state index in [9.17, 15) is 0 Å². The average molecular weight is 213 g/mol. The minimum Gasteiger partial charge on any atom is -0.401 e. The number of rotatable bonds is 2. The van der Waals surface area contributed by atoms with E-state index >= 15 is 0 Å². The molecule has 0 heterocycles. The van der Waals surface area contributed by atoms with Gasteiger partial charge in [0.15, 0.2) is 0 Å². The molecular weight excluding hydrogens is 194 g/mol. The summed E-state index contributed by atoms with van der Waals surface area (Å²) in [6, 6.07) is 10.4. The summed E-state index contributed by atoms with van der Waals surface area (Å²) in [5.74, 6) is 1.09. The molecule has 0 saturated heterocycles. The second-order valence-electron chi connectivity index (χ2n) is 4.72. The molecule has 0 aromatic heterocycles. The van der Waals surface area contributed by atoms with Gasteiger partial charge >= 0.3 is 0 Å². The first-order valence-electron chi connectivity index (χ1n) is 5.91. The second kappa shape index (κ2) is 4.56. The summed E-state index contributed by atoms with van der Waals surface area (Å²) >= 11 is 0. The quantitative estimate of drug-likeness (QED) is 0.798. The van der Waals surface area contributed by atoms with E-state index in [0.717, 1.165) is 12.1 Å². The van der Waals surface area contributed by atoms with Crippen LogP contribution in [0.5, 0.6) is 0 Å². The molecule has 1 nitrogen and oxygen atoms in total. The lowest BCUT2D eigenvalue weighted by Gasteiger charge is -2.25. The fourth-order valence-electron chi connectivity index (χ4n) is 2.27. The van der Waals surface area contributed by atoms with Gasteiger partial charge in [0.2, 0.25) is 0 Å². The standard InChI is InChI=1S/C15H19N/c1-11(2)13-9-6-10-14(15(13)16)12-7-4-3-5-8-12/h3-8,10-11,13H,9,16H2,1-2H3. The maximum Gasteiger partial charge on any atom is 0.0197 e. The molecule has 0 radical (unpaired) electrons. The monoisotopic (exact) mass is 213 g/mol. The zero-order valence-electron chi connectivity index (χ0n) is 9.98. The topological polar surface area (TPSA) is 26.0 Å². The molecule has 1 aliphatic rings. The Morgan fingerprint density at radius 3 is 2.50 bits per heavy atom. The van der Waals surface area contributed by atoms with E-state index in [1.807, 2.05) is 6.07 Å². The van der Waals surface area contributed by atoms with Crippen LogP contribution in [0, 0.1) is 11.8 Å². The molecule has 2 N–H and O–H groups in total. The van der Waals surface area contributed by atoms with E-state index in [1.54, 1.807) is 0 Å². The highest BCUT2D eigenvalue weighted by Crippen LogP contribution is 2.32. The second-order valence-corrected chi connectivity index (χ2v) is 4.72. The van der Waals surface area contributed by atoms with Crippen molar-refractivity contribution in [2.45, 2.75) is 20.3 Å². The first kappa shape index (κ1) is 11.0. The van der Waals surface area contributed by atoms with Crippen LogP contribution in [0.2, 0.25) is 0 Å². The molecule has 0 fully saturated rings. The molecule has 0 aliphatic heterocycles. The van der Waals surface area contributed by atoms with E-state index in [2.05, 4.69) is 50.3 Å². The molecule has 1 aromatic carbocycles. The molecule has 1 unspecified atom stereocenters. The molecule has 0 spiro atoms. The minimum atomic E-state index is 0.486. The summed E-state index contributed by atoms with van der Waals surface area (Å²) in [7, 11) is 0. The van der Waals surface area contributed by atoms with Crippen molar-refractivity contribution in [2.24, 2.45) is 17.6 Å². The van der Waals surface area contributed by atoms with Gasteiger partial charge in [0, 0.05) is 17.2 Å². The zero-order chi connectivity index (χ0) is 11.5. The predicted octanol–water partition coefficient (Wildman–Crippen LogP) is 3.59. The van der Waals surface area contributed by atoms with Crippen molar-refractivity contribution in [3.05, 3.63) is 53.7 Å². The Morgan fingerprint density at radius 2 is 1.88 bits per heavy atom. The Labute approximate surface area is 97.7 Å². The number of benzene rings is 1. The molecule has 1 atom stereocenters. The first-order chi connectivity index (χ1) is 7.70. The summed E-state index contributed by atoms with van der Waals surface area (Å²) in [4.78, 5) is 0. The van der Waals surface area contributed by atoms with Crippen molar-refractivity contribution in [1.29, 1.82) is 0 Å². The lowest BCUT2D eigenvalue weighted by molar-refractivity contribution is 0.442. The van der Waals surface area contributed by atoms with Crippen molar-refractivity contribution < 1.29 is 0 Å². The normalized spacial score (nSPS) is 20.6. The Bertz CT molecular complexity index is 412. The van der Waals surface area contributed by atoms with Crippen LogP contribution in [0.4, 0.5) is 0 Å². The van der Waals surface area contributed by atoms with Crippen molar-refractivity contribution in [2.75, 3.05) is 0 Å². The number of hydrogen-bond acceptors (Lipinski definition) is 1. The van der Waals surface area contributed by atoms with Gasteiger partial charge in [0.25, 0.3) is 0 Å². The van der Waals surface area contributed by atoms with Gasteiger partial charge in [0.05, 0.1) is 0 Å². The number of allylic oxidation sites excluding steroid dienone is 4. The Hall–Kier alpha value is -1.50. The number of nitrogens with two attached hydrogens (primary N) is 1. The lowest BCUT2D eigenvalue weighted by Crippen LogP contribution is -2.20. The van der Waals surface area contributed by atoms with Crippen LogP contribution >= 0.6 is 0 Å². The van der Waals surface area contributed by atoms with Crippen LogP contribution in [-0.2, 0) is 0 Å². The number of hydrogen-bond donors (Lipinski definition) is 1. The minimum absolute atomic E-state index is 0.486. The van der Waals surface area contributed by atoms with Crippen LogP contribution < -0.4 is 5.73 Å². The lowest BCUT2D eigenvalue weighted by atomic mass is 9.82. The van der Waals surface area contributed by atoms with E-state index in [4.69, 9.17) is 5.73 Å². The fourth-order valence-corrected chi connectivity index (χ4v) is 2.27. The van der Waals surface area contributed by atoms with Crippen molar-refractivity contribution in [1.82, 2.24) is 0 Å². The molecule has 0 bridgehead atoms. The summed E-state index contributed by atoms with van der Waals surface area (Å²) < 4.78 is 0. The summed E-state index contributed by atoms with van der Waals surface area (Å²) in [5.41, 5.74) is 9.75. The maximum absolute atomic E-state index is 6.28. The average Bonchev–Trinajstić information content (AvgIpc) is 2.30. The summed E-state index contributed by atoms with van der Waals surface area (Å²) in [5, 5.41) is 0. The van der Waals surface area contributed by atoms with Gasteiger partial charge in [0.1, 0.15) is 0 Å². The summed E-state index contributed by atoms with van der Waals surface area (Å²) in [6.07, 6.45) is 5.47. The molecule has 0 saturated carbocycles. The Kier molecular flexibility index (Phi) is 3.14. The SMILES string of the molecule is CC(C)C1CC=CC(c2ccccc2)=C1N. The zero-order valence-corrected chi connectivity index (χ0v) is 9.98. The van der Waals surface area contributed by atoms with Gasteiger partial charge in [-0.25, -0.2) is 0 Å². The van der Waals surface area contributed by atoms with Crippen LogP contribution in [0.25, 0.3) is 5.57 Å². The Balaban J connectivity index is 2.40. The highest BCUT2D eigenvalue weighted by molar-refractivity contribution is 5.77. The van der Waals surface area contributed by atoms with Crippen LogP contribution in [0.15, 0.2) is 48.2 Å². The predicted molar refractivity (Wildman–Crippen MR) is 69.6 cm³/mol. The fraction of sp³-hybridized carbons (Fsp3) is 0.333. The molecule has 2 rings (SSSR count). The van der Waals surface area contributed by atoms with Gasteiger partial charge < -0.3 is 5.73 Å². The van der Waals surface area contributed by atoms with Crippen molar-refractivity contribution >= 4 is 5.57 Å². The van der Waals surface area contributed by atoms with E-state index in [0.29, 0.717) is 11.8 Å². The Morgan fingerprint density at radius 1 is 1.19 bits per heavy atom. The van der Waals surface area contributed by atoms with E-state index < -0.39 is 0 Å². The molecular formula is C15H19N. The van der Waals surface area contributed by atoms with E-state index in [-0.39, 0.29) is 0 Å². The molecule has 16 heavy (non-hydrogen) atoms.